The van der Waals surface area contributed by atoms with Gasteiger partial charge in [-0.25, -0.2) is 29.9 Å². The molecule has 6 heterocycles. The molecule has 3 aromatic heterocycles. The summed E-state index contributed by atoms with van der Waals surface area (Å²) in [7, 11) is 0. The van der Waals surface area contributed by atoms with E-state index < -0.39 is 0 Å². The smallest absolute Gasteiger partial charge is 0.256 e. The lowest BCUT2D eigenvalue weighted by Gasteiger charge is -2.42. The van der Waals surface area contributed by atoms with Gasteiger partial charge in [0.25, 0.3) is 6.71 Å². The number of para-hydroxylation sites is 2. The van der Waals surface area contributed by atoms with Crippen LogP contribution in [0.5, 0.6) is 11.5 Å². The highest BCUT2D eigenvalue weighted by Crippen LogP contribution is 2.51. The quantitative estimate of drug-likeness (QED) is 0.161. The van der Waals surface area contributed by atoms with Gasteiger partial charge in [0.05, 0.1) is 22.4 Å². The molecule has 0 radical (unpaired) electrons. The zero-order valence-electron chi connectivity index (χ0n) is 50.8. The Kier molecular flexibility index (Phi) is 11.8. The SMILES string of the molecule is CC(C)(C)c1ccc2c(c1)B1c3cc(C(C)(C)C)ccc3N3c4ccc(C(C)(C)C)cc4-c4ccccc4-c4nc(-c5ccccc5)nc(n4)-c4cccc5c6cccc(-c7nc(-c8ccccc8)nc(-c8ccccc8)n7)c6n(c45)-c4cc(c1c3c4)O2. The number of benzene rings is 10. The molecule has 16 rings (SSSR count). The Morgan fingerprint density at radius 1 is 0.330 bits per heavy atom. The van der Waals surface area contributed by atoms with Gasteiger partial charge in [-0.2, -0.15) is 0 Å². The molecule has 3 aliphatic heterocycles. The molecule has 0 spiro atoms. The lowest BCUT2D eigenvalue weighted by molar-refractivity contribution is 0.486. The number of hydrogen-bond donors (Lipinski definition) is 0. The predicted molar refractivity (Wildman–Crippen MR) is 361 cm³/mol. The van der Waals surface area contributed by atoms with Crippen LogP contribution in [0, 0.1) is 0 Å². The Hall–Kier alpha value is -10.3. The van der Waals surface area contributed by atoms with E-state index in [4.69, 9.17) is 34.6 Å². The Morgan fingerprint density at radius 2 is 0.761 bits per heavy atom. The van der Waals surface area contributed by atoms with Crippen molar-refractivity contribution in [1.29, 1.82) is 0 Å². The second kappa shape index (κ2) is 19.6. The first kappa shape index (κ1) is 53.2. The van der Waals surface area contributed by atoms with Crippen molar-refractivity contribution < 1.29 is 4.74 Å². The molecule has 0 N–H and O–H groups in total. The molecular weight excluding hydrogens is 1080 g/mol. The second-order valence-corrected chi connectivity index (χ2v) is 26.8. The molecule has 424 valence electrons. The van der Waals surface area contributed by atoms with Gasteiger partial charge in [-0.1, -0.05) is 232 Å². The maximum Gasteiger partial charge on any atom is 0.256 e. The van der Waals surface area contributed by atoms with E-state index in [-0.39, 0.29) is 23.0 Å². The fourth-order valence-corrected chi connectivity index (χ4v) is 13.4. The lowest BCUT2D eigenvalue weighted by atomic mass is 9.33. The lowest BCUT2D eigenvalue weighted by Crippen LogP contribution is -2.60. The molecule has 10 heteroatoms. The van der Waals surface area contributed by atoms with Gasteiger partial charge in [-0.15, -0.1) is 0 Å². The minimum Gasteiger partial charge on any atom is -0.458 e. The van der Waals surface area contributed by atoms with Gasteiger partial charge in [-0.3, -0.25) is 0 Å². The van der Waals surface area contributed by atoms with Crippen molar-refractivity contribution in [2.75, 3.05) is 4.90 Å². The first-order valence-corrected chi connectivity index (χ1v) is 30.5. The molecule has 0 unspecified atom stereocenters. The first-order valence-electron chi connectivity index (χ1n) is 30.5. The van der Waals surface area contributed by atoms with E-state index in [0.29, 0.717) is 34.9 Å². The standard InChI is InChI=1S/C78H63BN8O/c1-76(2,3)49-35-38-62-59(41-49)53-29-19-20-30-56(53)73-81-72(48-27-17-12-18-28-48)84-75(85-73)58-34-22-32-55-54-31-21-33-57(74-82-70(46-23-13-10-14-24-46)80-71(83-74)47-25-15-11-16-26-47)68(54)86(69(55)58)52-44-64-67-66(45-52)88-65-40-37-51(78(7,8)9)43-61(65)79(67)60-42-50(77(4,5)6)36-39-63(60)87(62)64/h10-45H,1-9H3. The maximum absolute atomic E-state index is 7.56. The minimum absolute atomic E-state index is 0.117. The Morgan fingerprint density at radius 3 is 1.30 bits per heavy atom. The van der Waals surface area contributed by atoms with Crippen LogP contribution < -0.4 is 26.0 Å². The molecule has 0 saturated carbocycles. The van der Waals surface area contributed by atoms with Crippen LogP contribution in [-0.2, 0) is 16.2 Å². The normalized spacial score (nSPS) is 13.1. The molecule has 4 bridgehead atoms. The van der Waals surface area contributed by atoms with Crippen LogP contribution in [0.15, 0.2) is 218 Å². The molecule has 10 aromatic carbocycles. The number of fused-ring (bicyclic) bond motifs is 18. The van der Waals surface area contributed by atoms with Crippen molar-refractivity contribution in [3.8, 4) is 96.6 Å². The average molecular weight is 1140 g/mol. The Labute approximate surface area is 513 Å². The zero-order chi connectivity index (χ0) is 60.0. The molecule has 9 nitrogen and oxygen atoms in total. The highest BCUT2D eigenvalue weighted by molar-refractivity contribution is 6.99. The van der Waals surface area contributed by atoms with Crippen molar-refractivity contribution in [3.05, 3.63) is 235 Å². The average Bonchev–Trinajstić information content (AvgIpc) is 1.12. The fourth-order valence-electron chi connectivity index (χ4n) is 13.4. The molecule has 88 heavy (non-hydrogen) atoms. The summed E-state index contributed by atoms with van der Waals surface area (Å²) in [6, 6.07) is 78.1. The van der Waals surface area contributed by atoms with E-state index in [1.165, 1.54) is 22.2 Å². The van der Waals surface area contributed by atoms with Crippen molar-refractivity contribution in [2.24, 2.45) is 0 Å². The topological polar surface area (TPSA) is 94.7 Å². The van der Waals surface area contributed by atoms with Gasteiger partial charge >= 0.3 is 0 Å². The van der Waals surface area contributed by atoms with Gasteiger partial charge in [0.2, 0.25) is 0 Å². The summed E-state index contributed by atoms with van der Waals surface area (Å²) in [5.41, 5.74) is 19.8. The minimum atomic E-state index is -0.192. The maximum atomic E-state index is 7.56. The van der Waals surface area contributed by atoms with E-state index >= 15 is 0 Å². The van der Waals surface area contributed by atoms with Crippen LogP contribution in [0.2, 0.25) is 0 Å². The number of hydrogen-bond acceptors (Lipinski definition) is 8. The highest BCUT2D eigenvalue weighted by atomic mass is 16.5. The van der Waals surface area contributed by atoms with Crippen LogP contribution in [0.3, 0.4) is 0 Å². The monoisotopic (exact) mass is 1140 g/mol. The molecule has 0 aliphatic carbocycles. The summed E-state index contributed by atoms with van der Waals surface area (Å²) in [5, 5.41) is 2.01. The molecule has 3 aliphatic rings. The third-order valence-corrected chi connectivity index (χ3v) is 18.0. The summed E-state index contributed by atoms with van der Waals surface area (Å²) in [4.78, 5) is 35.2. The Bertz CT molecular complexity index is 4940. The number of rotatable bonds is 4. The highest BCUT2D eigenvalue weighted by Gasteiger charge is 2.44. The van der Waals surface area contributed by atoms with Gasteiger partial charge in [-0.05, 0) is 97.4 Å². The van der Waals surface area contributed by atoms with Crippen molar-refractivity contribution in [3.63, 3.8) is 0 Å². The van der Waals surface area contributed by atoms with Crippen molar-refractivity contribution in [2.45, 2.75) is 78.6 Å². The van der Waals surface area contributed by atoms with Crippen molar-refractivity contribution in [1.82, 2.24) is 34.5 Å². The molecule has 0 saturated heterocycles. The van der Waals surface area contributed by atoms with Crippen LogP contribution >= 0.6 is 0 Å². The van der Waals surface area contributed by atoms with Crippen LogP contribution in [0.25, 0.3) is 107 Å². The van der Waals surface area contributed by atoms with E-state index in [1.54, 1.807) is 0 Å². The summed E-state index contributed by atoms with van der Waals surface area (Å²) >= 11 is 0. The van der Waals surface area contributed by atoms with E-state index in [9.17, 15) is 0 Å². The third-order valence-electron chi connectivity index (χ3n) is 18.0. The van der Waals surface area contributed by atoms with E-state index in [1.807, 2.05) is 54.6 Å². The third kappa shape index (κ3) is 8.59. The summed E-state index contributed by atoms with van der Waals surface area (Å²) in [5.74, 6) is 5.00. The number of nitrogens with zero attached hydrogens (tertiary/aromatic N) is 8. The van der Waals surface area contributed by atoms with Crippen LogP contribution in [0.1, 0.15) is 79.0 Å². The van der Waals surface area contributed by atoms with Crippen LogP contribution in [0.4, 0.5) is 17.1 Å². The van der Waals surface area contributed by atoms with Gasteiger partial charge < -0.3 is 14.2 Å². The van der Waals surface area contributed by atoms with Crippen molar-refractivity contribution >= 4 is 62.0 Å². The number of aromatic nitrogens is 7. The zero-order valence-corrected chi connectivity index (χ0v) is 50.8. The molecule has 0 atom stereocenters. The number of ether oxygens (including phenoxy) is 1. The predicted octanol–water partition coefficient (Wildman–Crippen LogP) is 17.4. The van der Waals surface area contributed by atoms with Gasteiger partial charge in [0.15, 0.2) is 34.9 Å². The number of anilines is 3. The second-order valence-electron chi connectivity index (χ2n) is 26.8. The molecule has 0 fully saturated rings. The van der Waals surface area contributed by atoms with Gasteiger partial charge in [0.1, 0.15) is 11.5 Å². The van der Waals surface area contributed by atoms with Crippen LogP contribution in [-0.4, -0.2) is 41.2 Å². The van der Waals surface area contributed by atoms with E-state index in [0.717, 1.165) is 111 Å². The Balaban J connectivity index is 1.10. The molecule has 13 aromatic rings. The summed E-state index contributed by atoms with van der Waals surface area (Å²) in [6.45, 7) is 20.5. The fraction of sp³-hybridized carbons (Fsp3) is 0.154. The summed E-state index contributed by atoms with van der Waals surface area (Å²) in [6.07, 6.45) is 0. The molecular formula is C78H63BN8O. The van der Waals surface area contributed by atoms with E-state index in [2.05, 4.69) is 236 Å². The first-order chi connectivity index (χ1) is 42.5. The largest absolute Gasteiger partial charge is 0.458 e. The summed E-state index contributed by atoms with van der Waals surface area (Å²) < 4.78 is 9.96. The molecule has 0 amide bonds. The van der Waals surface area contributed by atoms with Gasteiger partial charge in [0, 0.05) is 67.2 Å².